The second-order valence-electron chi connectivity index (χ2n) is 10.1. The Bertz CT molecular complexity index is 767. The summed E-state index contributed by atoms with van der Waals surface area (Å²) in [4.78, 5) is 0. The van der Waals surface area contributed by atoms with E-state index in [1.54, 1.807) is 0 Å². The summed E-state index contributed by atoms with van der Waals surface area (Å²) in [7, 11) is 0. The number of hydrogen-bond donors (Lipinski definition) is 3. The van der Waals surface area contributed by atoms with Crippen LogP contribution in [0.15, 0.2) is 47.1 Å². The van der Waals surface area contributed by atoms with Crippen LogP contribution in [0.25, 0.3) is 0 Å². The summed E-state index contributed by atoms with van der Waals surface area (Å²) in [5.74, 6) is -2.63. The van der Waals surface area contributed by atoms with Crippen LogP contribution in [0.4, 0.5) is 8.78 Å². The Morgan fingerprint density at radius 3 is 2.74 bits per heavy atom. The zero-order valence-electron chi connectivity index (χ0n) is 18.9. The van der Waals surface area contributed by atoms with Crippen molar-refractivity contribution in [2.24, 2.45) is 23.2 Å². The fourth-order valence-corrected chi connectivity index (χ4v) is 6.05. The number of aliphatic hydroxyl groups is 3. The van der Waals surface area contributed by atoms with E-state index in [1.807, 2.05) is 6.92 Å². The molecule has 0 amide bonds. The Morgan fingerprint density at radius 1 is 1.32 bits per heavy atom. The molecule has 0 unspecified atom stereocenters. The number of alkyl halides is 2. The normalized spacial score (nSPS) is 35.4. The molecule has 3 nitrogen and oxygen atoms in total. The van der Waals surface area contributed by atoms with Crippen molar-refractivity contribution in [1.29, 1.82) is 0 Å². The molecule has 5 heteroatoms. The van der Waals surface area contributed by atoms with E-state index in [2.05, 4.69) is 31.7 Å². The number of aliphatic hydroxyl groups excluding tert-OH is 3. The lowest BCUT2D eigenvalue weighted by molar-refractivity contribution is -0.0595. The average molecular weight is 437 g/mol. The van der Waals surface area contributed by atoms with Crippen molar-refractivity contribution in [3.05, 3.63) is 47.1 Å². The van der Waals surface area contributed by atoms with E-state index in [0.717, 1.165) is 36.8 Å². The molecule has 3 N–H and O–H groups in total. The lowest BCUT2D eigenvalue weighted by Crippen LogP contribution is -2.33. The third-order valence-electron chi connectivity index (χ3n) is 7.95. The van der Waals surface area contributed by atoms with E-state index < -0.39 is 18.6 Å². The summed E-state index contributed by atoms with van der Waals surface area (Å²) in [5, 5.41) is 28.6. The van der Waals surface area contributed by atoms with Crippen LogP contribution in [0, 0.1) is 23.2 Å². The van der Waals surface area contributed by atoms with Crippen molar-refractivity contribution in [2.45, 2.75) is 77.2 Å². The van der Waals surface area contributed by atoms with Gasteiger partial charge in [0.15, 0.2) is 0 Å². The molecule has 174 valence electrons. The van der Waals surface area contributed by atoms with Gasteiger partial charge in [0.2, 0.25) is 0 Å². The molecule has 0 aromatic rings. The fourth-order valence-electron chi connectivity index (χ4n) is 6.05. The lowest BCUT2D eigenvalue weighted by Gasteiger charge is -2.42. The summed E-state index contributed by atoms with van der Waals surface area (Å²) >= 11 is 0. The molecule has 0 heterocycles. The monoisotopic (exact) mass is 436 g/mol. The van der Waals surface area contributed by atoms with Crippen LogP contribution in [0.2, 0.25) is 0 Å². The van der Waals surface area contributed by atoms with Crippen molar-refractivity contribution >= 4 is 0 Å². The molecule has 3 aliphatic carbocycles. The maximum atomic E-state index is 13.6. The van der Waals surface area contributed by atoms with Gasteiger partial charge in [-0.05, 0) is 73.3 Å². The lowest BCUT2D eigenvalue weighted by atomic mass is 9.62. The van der Waals surface area contributed by atoms with E-state index in [1.165, 1.54) is 11.1 Å². The van der Waals surface area contributed by atoms with Gasteiger partial charge >= 0.3 is 0 Å². The maximum absolute atomic E-state index is 13.6. The zero-order chi connectivity index (χ0) is 22.8. The molecular weight excluding hydrogens is 398 g/mol. The van der Waals surface area contributed by atoms with Crippen LogP contribution in [0.5, 0.6) is 0 Å². The van der Waals surface area contributed by atoms with Gasteiger partial charge in [-0.25, -0.2) is 8.78 Å². The third-order valence-corrected chi connectivity index (χ3v) is 7.95. The Hall–Kier alpha value is -1.30. The SMILES string of the molecule is C=C1/C(=C\C=C2/CCC[C@]3(C)C([C@H](C)CCC(F)(F)CO)=CC[C@@H]23)C[C@@H](O)C[C@@H]1CO. The minimum atomic E-state index is -3.00. The third kappa shape index (κ3) is 5.20. The highest BCUT2D eigenvalue weighted by Crippen LogP contribution is 2.57. The second kappa shape index (κ2) is 9.68. The molecule has 0 radical (unpaired) electrons. The fraction of sp³-hybridized carbons (Fsp3) is 0.692. The van der Waals surface area contributed by atoms with Gasteiger partial charge < -0.3 is 15.3 Å². The van der Waals surface area contributed by atoms with Crippen LogP contribution in [-0.2, 0) is 0 Å². The molecule has 0 spiro atoms. The summed E-state index contributed by atoms with van der Waals surface area (Å²) in [6.45, 7) is 7.39. The first-order valence-electron chi connectivity index (χ1n) is 11.7. The Kier molecular flexibility index (Phi) is 7.60. The first-order chi connectivity index (χ1) is 14.6. The molecule has 0 bridgehead atoms. The Balaban J connectivity index is 1.75. The van der Waals surface area contributed by atoms with Gasteiger partial charge in [-0.3, -0.25) is 0 Å². The highest BCUT2D eigenvalue weighted by atomic mass is 19.3. The van der Waals surface area contributed by atoms with Crippen molar-refractivity contribution in [3.8, 4) is 0 Å². The topological polar surface area (TPSA) is 60.7 Å². The predicted octanol–water partition coefficient (Wildman–Crippen LogP) is 5.34. The van der Waals surface area contributed by atoms with Gasteiger partial charge in [-0.2, -0.15) is 0 Å². The molecule has 3 aliphatic rings. The van der Waals surface area contributed by atoms with Crippen LogP contribution < -0.4 is 0 Å². The van der Waals surface area contributed by atoms with E-state index >= 15 is 0 Å². The van der Waals surface area contributed by atoms with Crippen LogP contribution in [-0.4, -0.2) is 40.6 Å². The summed E-state index contributed by atoms with van der Waals surface area (Å²) in [6, 6.07) is 0. The van der Waals surface area contributed by atoms with Gasteiger partial charge in [-0.15, -0.1) is 0 Å². The standard InChI is InChI=1S/C26H38F2O3/c1-17(10-12-26(27,28)16-30)23-8-9-24-19(5-4-11-25(23,24)3)6-7-20-13-22(31)14-21(15-29)18(20)2/h6-8,17,21-22,24,29-31H,2,4-5,9-16H2,1,3H3/b19-6+,20-7-/t17-,21-,22-,24+,25-/m1/s1. The minimum Gasteiger partial charge on any atom is -0.396 e. The molecule has 31 heavy (non-hydrogen) atoms. The molecule has 0 saturated heterocycles. The van der Waals surface area contributed by atoms with Crippen LogP contribution in [0.3, 0.4) is 0 Å². The molecule has 3 rings (SSSR count). The molecule has 0 aliphatic heterocycles. The zero-order valence-corrected chi connectivity index (χ0v) is 18.9. The van der Waals surface area contributed by atoms with E-state index in [4.69, 9.17) is 5.11 Å². The molecule has 5 atom stereocenters. The van der Waals surface area contributed by atoms with Gasteiger partial charge in [0, 0.05) is 12.3 Å². The molecule has 0 aromatic carbocycles. The van der Waals surface area contributed by atoms with Crippen LogP contribution >= 0.6 is 0 Å². The number of fused-ring (bicyclic) bond motifs is 1. The number of rotatable bonds is 7. The number of halogens is 2. The highest BCUT2D eigenvalue weighted by molar-refractivity contribution is 5.39. The molecular formula is C26H38F2O3. The number of allylic oxidation sites excluding steroid dienone is 5. The first kappa shape index (κ1) is 24.3. The predicted molar refractivity (Wildman–Crippen MR) is 120 cm³/mol. The molecule has 2 fully saturated rings. The number of hydrogen-bond acceptors (Lipinski definition) is 3. The summed E-state index contributed by atoms with van der Waals surface area (Å²) in [6.07, 6.45) is 11.4. The van der Waals surface area contributed by atoms with E-state index in [-0.39, 0.29) is 30.3 Å². The van der Waals surface area contributed by atoms with E-state index in [9.17, 15) is 19.0 Å². The molecule has 0 aromatic heterocycles. The minimum absolute atomic E-state index is 0.00496. The van der Waals surface area contributed by atoms with Crippen molar-refractivity contribution < 1.29 is 24.1 Å². The van der Waals surface area contributed by atoms with Crippen molar-refractivity contribution in [2.75, 3.05) is 13.2 Å². The Labute approximate surface area is 185 Å². The quantitative estimate of drug-likeness (QED) is 0.472. The van der Waals surface area contributed by atoms with Crippen molar-refractivity contribution in [3.63, 3.8) is 0 Å². The van der Waals surface area contributed by atoms with Crippen molar-refractivity contribution in [1.82, 2.24) is 0 Å². The largest absolute Gasteiger partial charge is 0.396 e. The van der Waals surface area contributed by atoms with Gasteiger partial charge in [-0.1, -0.05) is 49.8 Å². The highest BCUT2D eigenvalue weighted by Gasteiger charge is 2.46. The molecule has 2 saturated carbocycles. The van der Waals surface area contributed by atoms with Gasteiger partial charge in [0.05, 0.1) is 12.7 Å². The first-order valence-corrected chi connectivity index (χ1v) is 11.7. The maximum Gasteiger partial charge on any atom is 0.270 e. The Morgan fingerprint density at radius 2 is 2.06 bits per heavy atom. The average Bonchev–Trinajstić information content (AvgIpc) is 3.10. The van der Waals surface area contributed by atoms with Gasteiger partial charge in [0.1, 0.15) is 6.61 Å². The smallest absolute Gasteiger partial charge is 0.270 e. The van der Waals surface area contributed by atoms with Gasteiger partial charge in [0.25, 0.3) is 5.92 Å². The van der Waals surface area contributed by atoms with E-state index in [0.29, 0.717) is 25.2 Å². The summed E-state index contributed by atoms with van der Waals surface area (Å²) in [5.41, 5.74) is 4.61. The van der Waals surface area contributed by atoms with Crippen LogP contribution in [0.1, 0.15) is 65.2 Å². The summed E-state index contributed by atoms with van der Waals surface area (Å²) < 4.78 is 27.1. The second-order valence-corrected chi connectivity index (χ2v) is 10.1.